The van der Waals surface area contributed by atoms with E-state index in [1.165, 1.54) is 6.08 Å². The van der Waals surface area contributed by atoms with E-state index in [0.29, 0.717) is 16.9 Å². The van der Waals surface area contributed by atoms with E-state index in [1.54, 1.807) is 61.7 Å². The molecule has 3 aromatic rings. The number of methoxy groups -OCH3 is 1. The Kier molecular flexibility index (Phi) is 5.03. The van der Waals surface area contributed by atoms with Gasteiger partial charge < -0.3 is 20.4 Å². The molecule has 1 amide bonds. The molecule has 0 spiro atoms. The van der Waals surface area contributed by atoms with Crippen molar-refractivity contribution in [2.45, 2.75) is 0 Å². The van der Waals surface area contributed by atoms with E-state index in [2.05, 4.69) is 9.97 Å². The van der Waals surface area contributed by atoms with Crippen LogP contribution in [0.25, 0.3) is 12.2 Å². The van der Waals surface area contributed by atoms with Crippen LogP contribution >= 0.6 is 0 Å². The average Bonchev–Trinajstić information content (AvgIpc) is 2.67. The summed E-state index contributed by atoms with van der Waals surface area (Å²) in [6.45, 7) is 0. The Morgan fingerprint density at radius 2 is 1.30 bits per heavy atom. The minimum Gasteiger partial charge on any atom is -0.497 e. The highest BCUT2D eigenvalue weighted by Crippen LogP contribution is 2.11. The molecule has 2 aromatic carbocycles. The second-order valence-electron chi connectivity index (χ2n) is 5.78. The summed E-state index contributed by atoms with van der Waals surface area (Å²) in [4.78, 5) is 40.8. The standard InChI is InChI=1S/C20H17N3O4/c1-27-15-8-4-13(5-9-15)11-17-20(26)22-16(19(25)23-17)10-12-2-6-14(7-3-12)18(21)24/h2-11H,1H3,(H2,21,24)(H,22,26)(H,23,25). The number of carbonyl (C=O) groups excluding carboxylic acids is 1. The molecule has 7 nitrogen and oxygen atoms in total. The number of aromatic nitrogens is 2. The summed E-state index contributed by atoms with van der Waals surface area (Å²) in [6.07, 6.45) is 3.09. The minimum absolute atomic E-state index is 0.110. The molecule has 1 heterocycles. The number of primary amides is 1. The molecule has 1 aromatic heterocycles. The van der Waals surface area contributed by atoms with Crippen LogP contribution in [0.5, 0.6) is 5.75 Å². The molecule has 0 atom stereocenters. The number of benzene rings is 2. The number of H-pyrrole nitrogens is 2. The van der Waals surface area contributed by atoms with Gasteiger partial charge in [-0.05, 0) is 47.5 Å². The van der Waals surface area contributed by atoms with E-state index < -0.39 is 17.0 Å². The molecule has 0 aliphatic rings. The van der Waals surface area contributed by atoms with Crippen molar-refractivity contribution in [1.29, 1.82) is 0 Å². The van der Waals surface area contributed by atoms with E-state index in [1.807, 2.05) is 0 Å². The van der Waals surface area contributed by atoms with Gasteiger partial charge in [0.15, 0.2) is 0 Å². The molecule has 0 saturated heterocycles. The van der Waals surface area contributed by atoms with Gasteiger partial charge in [-0.3, -0.25) is 14.4 Å². The fourth-order valence-electron chi connectivity index (χ4n) is 2.47. The summed E-state index contributed by atoms with van der Waals surface area (Å²) >= 11 is 0. The number of aromatic amines is 2. The lowest BCUT2D eigenvalue weighted by Gasteiger charge is -1.99. The number of nitrogens with two attached hydrogens (primary N) is 1. The van der Waals surface area contributed by atoms with Gasteiger partial charge in [0.2, 0.25) is 5.91 Å². The summed E-state index contributed by atoms with van der Waals surface area (Å²) in [7, 11) is 1.57. The maximum absolute atomic E-state index is 12.3. The van der Waals surface area contributed by atoms with Gasteiger partial charge in [0.25, 0.3) is 11.1 Å². The third kappa shape index (κ3) is 4.21. The summed E-state index contributed by atoms with van der Waals surface area (Å²) < 4.78 is 5.09. The van der Waals surface area contributed by atoms with Crippen LogP contribution in [-0.2, 0) is 0 Å². The Balaban J connectivity index is 2.01. The quantitative estimate of drug-likeness (QED) is 0.596. The molecule has 0 saturated carbocycles. The van der Waals surface area contributed by atoms with Crippen LogP contribution in [0.15, 0.2) is 58.1 Å². The monoisotopic (exact) mass is 363 g/mol. The lowest BCUT2D eigenvalue weighted by molar-refractivity contribution is 0.100. The largest absolute Gasteiger partial charge is 0.497 e. The van der Waals surface area contributed by atoms with Gasteiger partial charge in [0.1, 0.15) is 16.4 Å². The Labute approximate surface area is 153 Å². The normalized spacial score (nSPS) is 12.2. The lowest BCUT2D eigenvalue weighted by Crippen LogP contribution is -2.46. The van der Waals surface area contributed by atoms with E-state index in [-0.39, 0.29) is 10.7 Å². The maximum Gasteiger partial charge on any atom is 0.272 e. The van der Waals surface area contributed by atoms with Gasteiger partial charge in [0.05, 0.1) is 7.11 Å². The molecule has 4 N–H and O–H groups in total. The lowest BCUT2D eigenvalue weighted by atomic mass is 10.1. The maximum atomic E-state index is 12.3. The van der Waals surface area contributed by atoms with Crippen LogP contribution in [0.1, 0.15) is 21.5 Å². The van der Waals surface area contributed by atoms with Gasteiger partial charge in [0, 0.05) is 5.56 Å². The SMILES string of the molecule is COc1ccc(C=c2[nH]c(=O)c(=Cc3ccc(C(N)=O)cc3)[nH]c2=O)cc1. The van der Waals surface area contributed by atoms with Crippen molar-refractivity contribution in [2.75, 3.05) is 7.11 Å². The summed E-state index contributed by atoms with van der Waals surface area (Å²) in [5.74, 6) is 0.160. The second-order valence-corrected chi connectivity index (χ2v) is 5.78. The molecule has 0 radical (unpaired) electrons. The van der Waals surface area contributed by atoms with Crippen molar-refractivity contribution in [3.63, 3.8) is 0 Å². The van der Waals surface area contributed by atoms with Crippen LogP contribution in [-0.4, -0.2) is 23.0 Å². The zero-order valence-electron chi connectivity index (χ0n) is 14.5. The molecule has 136 valence electrons. The molecule has 0 aliphatic carbocycles. The predicted octanol–water partition coefficient (Wildman–Crippen LogP) is -0.172. The number of amides is 1. The van der Waals surface area contributed by atoms with Crippen molar-refractivity contribution >= 4 is 18.1 Å². The first kappa shape index (κ1) is 17.9. The van der Waals surface area contributed by atoms with E-state index >= 15 is 0 Å². The number of carbonyl (C=O) groups is 1. The average molecular weight is 363 g/mol. The zero-order chi connectivity index (χ0) is 19.4. The molecule has 0 fully saturated rings. The fourth-order valence-corrected chi connectivity index (χ4v) is 2.47. The molecule has 0 bridgehead atoms. The van der Waals surface area contributed by atoms with Crippen LogP contribution in [0.2, 0.25) is 0 Å². The summed E-state index contributed by atoms with van der Waals surface area (Å²) in [5, 5.41) is 0.255. The third-order valence-corrected chi connectivity index (χ3v) is 3.92. The number of hydrogen-bond acceptors (Lipinski definition) is 4. The van der Waals surface area contributed by atoms with Crippen molar-refractivity contribution in [2.24, 2.45) is 5.73 Å². The van der Waals surface area contributed by atoms with Gasteiger partial charge in [-0.25, -0.2) is 0 Å². The Morgan fingerprint density at radius 3 is 1.70 bits per heavy atom. The van der Waals surface area contributed by atoms with Crippen LogP contribution in [0.4, 0.5) is 0 Å². The van der Waals surface area contributed by atoms with Crippen LogP contribution in [0.3, 0.4) is 0 Å². The van der Waals surface area contributed by atoms with Gasteiger partial charge in [-0.2, -0.15) is 0 Å². The van der Waals surface area contributed by atoms with E-state index in [9.17, 15) is 14.4 Å². The van der Waals surface area contributed by atoms with Crippen molar-refractivity contribution in [3.05, 3.63) is 96.6 Å². The molecule has 0 aliphatic heterocycles. The van der Waals surface area contributed by atoms with Crippen LogP contribution < -0.4 is 32.3 Å². The van der Waals surface area contributed by atoms with Gasteiger partial charge in [-0.1, -0.05) is 24.3 Å². The third-order valence-electron chi connectivity index (χ3n) is 3.92. The highest BCUT2D eigenvalue weighted by molar-refractivity contribution is 5.92. The Bertz CT molecular complexity index is 1200. The molecule has 0 unspecified atom stereocenters. The van der Waals surface area contributed by atoms with E-state index in [0.717, 1.165) is 5.56 Å². The van der Waals surface area contributed by atoms with Crippen molar-refractivity contribution < 1.29 is 9.53 Å². The first-order valence-electron chi connectivity index (χ1n) is 8.06. The molecule has 27 heavy (non-hydrogen) atoms. The number of nitrogens with one attached hydrogen (secondary N) is 2. The highest BCUT2D eigenvalue weighted by atomic mass is 16.5. The molecular formula is C20H17N3O4. The summed E-state index contributed by atoms with van der Waals surface area (Å²) in [6, 6.07) is 13.4. The van der Waals surface area contributed by atoms with Crippen molar-refractivity contribution in [1.82, 2.24) is 9.97 Å². The molecule has 3 rings (SSSR count). The first-order chi connectivity index (χ1) is 13.0. The molecule has 7 heteroatoms. The van der Waals surface area contributed by atoms with E-state index in [4.69, 9.17) is 10.5 Å². The first-order valence-corrected chi connectivity index (χ1v) is 8.06. The number of hydrogen-bond donors (Lipinski definition) is 3. The summed E-state index contributed by atoms with van der Waals surface area (Å²) in [5.41, 5.74) is 6.08. The Hall–Kier alpha value is -3.87. The highest BCUT2D eigenvalue weighted by Gasteiger charge is 2.00. The Morgan fingerprint density at radius 1 is 0.852 bits per heavy atom. The fraction of sp³-hybridized carbons (Fsp3) is 0.0500. The predicted molar refractivity (Wildman–Crippen MR) is 102 cm³/mol. The topological polar surface area (TPSA) is 118 Å². The minimum atomic E-state index is -0.536. The number of rotatable bonds is 4. The smallest absolute Gasteiger partial charge is 0.272 e. The van der Waals surface area contributed by atoms with Gasteiger partial charge in [-0.15, -0.1) is 0 Å². The second kappa shape index (κ2) is 7.57. The molecular weight excluding hydrogens is 346 g/mol. The number of ether oxygens (including phenoxy) is 1. The van der Waals surface area contributed by atoms with Crippen molar-refractivity contribution in [3.8, 4) is 5.75 Å². The van der Waals surface area contributed by atoms with Crippen LogP contribution in [0, 0.1) is 0 Å². The zero-order valence-corrected chi connectivity index (χ0v) is 14.5. The van der Waals surface area contributed by atoms with Gasteiger partial charge >= 0.3 is 0 Å².